The number of carboxylic acids is 1. The summed E-state index contributed by atoms with van der Waals surface area (Å²) in [5.41, 5.74) is 0.113. The topological polar surface area (TPSA) is 97.5 Å². The number of rotatable bonds is 5. The highest BCUT2D eigenvalue weighted by Crippen LogP contribution is 2.23. The number of hydrogen-bond donors (Lipinski definition) is 1. The summed E-state index contributed by atoms with van der Waals surface area (Å²) in [6.45, 7) is 1.15. The van der Waals surface area contributed by atoms with Crippen LogP contribution in [0.15, 0.2) is 24.3 Å². The second-order valence-corrected chi connectivity index (χ2v) is 4.16. The van der Waals surface area contributed by atoms with Crippen LogP contribution in [0, 0.1) is 16.0 Å². The molecule has 0 heterocycles. The van der Waals surface area contributed by atoms with Crippen LogP contribution < -0.4 is 0 Å². The Morgan fingerprint density at radius 1 is 1.47 bits per heavy atom. The maximum atomic E-state index is 11.1. The van der Waals surface area contributed by atoms with Crippen molar-refractivity contribution in [2.75, 3.05) is 0 Å². The zero-order valence-corrected chi connectivity index (χ0v) is 10.6. The first kappa shape index (κ1) is 14.8. The summed E-state index contributed by atoms with van der Waals surface area (Å²) >= 11 is 5.84. The summed E-state index contributed by atoms with van der Waals surface area (Å²) < 4.78 is 0. The molecule has 1 rings (SSSR count). The van der Waals surface area contributed by atoms with E-state index >= 15 is 0 Å². The monoisotopic (exact) mass is 283 g/mol. The molecule has 1 unspecified atom stereocenters. The van der Waals surface area contributed by atoms with Gasteiger partial charge in [-0.25, -0.2) is 0 Å². The van der Waals surface area contributed by atoms with Crippen LogP contribution in [0.1, 0.15) is 12.5 Å². The van der Waals surface area contributed by atoms with E-state index in [2.05, 4.69) is 0 Å². The lowest BCUT2D eigenvalue weighted by Crippen LogP contribution is -2.18. The smallest absolute Gasteiger partial charge is 0.317 e. The molecule has 1 aromatic carbocycles. The minimum atomic E-state index is -1.30. The summed E-state index contributed by atoms with van der Waals surface area (Å²) in [5.74, 6) is -3.12. The summed E-state index contributed by atoms with van der Waals surface area (Å²) in [6, 6.07) is 3.78. The van der Waals surface area contributed by atoms with E-state index in [0.29, 0.717) is 0 Å². The summed E-state index contributed by atoms with van der Waals surface area (Å²) in [5, 5.41) is 19.7. The number of carbonyl (C=O) groups is 2. The van der Waals surface area contributed by atoms with Crippen molar-refractivity contribution in [3.8, 4) is 0 Å². The van der Waals surface area contributed by atoms with Crippen molar-refractivity contribution in [1.29, 1.82) is 0 Å². The van der Waals surface area contributed by atoms with Crippen LogP contribution in [0.2, 0.25) is 5.02 Å². The number of nitrogens with zero attached hydrogens (tertiary/aromatic N) is 1. The van der Waals surface area contributed by atoms with Gasteiger partial charge in [-0.15, -0.1) is 0 Å². The van der Waals surface area contributed by atoms with Crippen LogP contribution in [-0.4, -0.2) is 21.8 Å². The molecule has 6 nitrogen and oxygen atoms in total. The Morgan fingerprint density at radius 3 is 2.58 bits per heavy atom. The van der Waals surface area contributed by atoms with E-state index < -0.39 is 22.6 Å². The van der Waals surface area contributed by atoms with Crippen LogP contribution in [0.4, 0.5) is 5.69 Å². The van der Waals surface area contributed by atoms with Crippen molar-refractivity contribution in [1.82, 2.24) is 0 Å². The van der Waals surface area contributed by atoms with E-state index in [9.17, 15) is 19.7 Å². The minimum absolute atomic E-state index is 0.168. The van der Waals surface area contributed by atoms with Gasteiger partial charge in [0.25, 0.3) is 5.69 Å². The fraction of sp³-hybridized carbons (Fsp3) is 0.167. The van der Waals surface area contributed by atoms with Crippen LogP contribution >= 0.6 is 11.6 Å². The molecule has 0 aliphatic rings. The number of nitro groups is 1. The molecule has 1 atom stereocenters. The highest BCUT2D eigenvalue weighted by molar-refractivity contribution is 6.32. The first-order chi connectivity index (χ1) is 8.82. The normalized spacial score (nSPS) is 12.3. The third-order valence-corrected chi connectivity index (χ3v) is 2.71. The highest BCUT2D eigenvalue weighted by atomic mass is 35.5. The predicted octanol–water partition coefficient (Wildman–Crippen LogP) is 2.55. The summed E-state index contributed by atoms with van der Waals surface area (Å²) in [6.07, 6.45) is 2.44. The molecule has 0 saturated carbocycles. The van der Waals surface area contributed by atoms with Gasteiger partial charge < -0.3 is 5.11 Å². The summed E-state index contributed by atoms with van der Waals surface area (Å²) in [4.78, 5) is 31.9. The Hall–Kier alpha value is -2.21. The van der Waals surface area contributed by atoms with Crippen molar-refractivity contribution >= 4 is 35.1 Å². The van der Waals surface area contributed by atoms with E-state index in [1.165, 1.54) is 24.3 Å². The van der Waals surface area contributed by atoms with Gasteiger partial charge in [0.1, 0.15) is 11.7 Å². The van der Waals surface area contributed by atoms with E-state index in [1.807, 2.05) is 0 Å². The van der Waals surface area contributed by atoms with Gasteiger partial charge in [-0.3, -0.25) is 19.7 Å². The SMILES string of the molecule is CC(=O)C(C=Cc1cc([N+](=O)[O-])ccc1Cl)C(=O)O. The number of aliphatic carboxylic acids is 1. The molecule has 1 N–H and O–H groups in total. The van der Waals surface area contributed by atoms with Gasteiger partial charge in [-0.05, 0) is 18.6 Å². The number of carbonyl (C=O) groups excluding carboxylic acids is 1. The largest absolute Gasteiger partial charge is 0.480 e. The van der Waals surface area contributed by atoms with E-state index in [1.54, 1.807) is 0 Å². The van der Waals surface area contributed by atoms with Gasteiger partial charge in [-0.2, -0.15) is 0 Å². The lowest BCUT2D eigenvalue weighted by molar-refractivity contribution is -0.384. The molecular weight excluding hydrogens is 274 g/mol. The quantitative estimate of drug-likeness (QED) is 0.509. The van der Waals surface area contributed by atoms with Crippen molar-refractivity contribution < 1.29 is 19.6 Å². The fourth-order valence-corrected chi connectivity index (χ4v) is 1.54. The Labute approximate surface area is 113 Å². The van der Waals surface area contributed by atoms with E-state index in [-0.39, 0.29) is 16.3 Å². The molecule has 0 amide bonds. The molecule has 0 radical (unpaired) electrons. The Bertz CT molecular complexity index is 553. The van der Waals surface area contributed by atoms with Gasteiger partial charge >= 0.3 is 5.97 Å². The third-order valence-electron chi connectivity index (χ3n) is 2.36. The first-order valence-corrected chi connectivity index (χ1v) is 5.56. The van der Waals surface area contributed by atoms with Gasteiger partial charge in [0.05, 0.1) is 4.92 Å². The van der Waals surface area contributed by atoms with Gasteiger partial charge in [-0.1, -0.05) is 23.8 Å². The molecule has 100 valence electrons. The molecule has 7 heteroatoms. The second kappa shape index (κ2) is 6.10. The standard InChI is InChI=1S/C12H10ClNO5/c1-7(15)10(12(16)17)4-2-8-6-9(14(18)19)3-5-11(8)13/h2-6,10H,1H3,(H,16,17). The maximum absolute atomic E-state index is 11.1. The average Bonchev–Trinajstić information content (AvgIpc) is 2.30. The Balaban J connectivity index is 3.10. The first-order valence-electron chi connectivity index (χ1n) is 5.18. The molecular formula is C12H10ClNO5. The van der Waals surface area contributed by atoms with Crippen LogP contribution in [0.25, 0.3) is 6.08 Å². The number of ketones is 1. The number of benzene rings is 1. The molecule has 0 spiro atoms. The lowest BCUT2D eigenvalue weighted by atomic mass is 10.0. The number of hydrogen-bond acceptors (Lipinski definition) is 4. The molecule has 0 saturated heterocycles. The van der Waals surface area contributed by atoms with Gasteiger partial charge in [0.15, 0.2) is 0 Å². The molecule has 0 bridgehead atoms. The van der Waals surface area contributed by atoms with E-state index in [0.717, 1.165) is 13.0 Å². The fourth-order valence-electron chi connectivity index (χ4n) is 1.36. The van der Waals surface area contributed by atoms with Gasteiger partial charge in [0.2, 0.25) is 0 Å². The maximum Gasteiger partial charge on any atom is 0.317 e. The molecule has 0 aromatic heterocycles. The zero-order chi connectivity index (χ0) is 14.6. The highest BCUT2D eigenvalue weighted by Gasteiger charge is 2.19. The molecule has 1 aromatic rings. The number of non-ortho nitro benzene ring substituents is 1. The van der Waals surface area contributed by atoms with Crippen LogP contribution in [0.3, 0.4) is 0 Å². The predicted molar refractivity (Wildman–Crippen MR) is 68.9 cm³/mol. The Kier molecular flexibility index (Phi) is 4.77. The minimum Gasteiger partial charge on any atom is -0.480 e. The van der Waals surface area contributed by atoms with Crippen molar-refractivity contribution in [3.63, 3.8) is 0 Å². The Morgan fingerprint density at radius 2 is 2.11 bits per heavy atom. The van der Waals surface area contributed by atoms with Crippen LogP contribution in [0.5, 0.6) is 0 Å². The number of halogens is 1. The molecule has 0 fully saturated rings. The van der Waals surface area contributed by atoms with Crippen molar-refractivity contribution in [3.05, 3.63) is 45.0 Å². The van der Waals surface area contributed by atoms with E-state index in [4.69, 9.17) is 16.7 Å². The van der Waals surface area contributed by atoms with Crippen molar-refractivity contribution in [2.24, 2.45) is 5.92 Å². The third kappa shape index (κ3) is 3.89. The lowest BCUT2D eigenvalue weighted by Gasteiger charge is -2.03. The number of nitro benzene ring substituents is 1. The molecule has 19 heavy (non-hydrogen) atoms. The second-order valence-electron chi connectivity index (χ2n) is 3.75. The summed E-state index contributed by atoms with van der Waals surface area (Å²) in [7, 11) is 0. The van der Waals surface area contributed by atoms with Crippen LogP contribution in [-0.2, 0) is 9.59 Å². The van der Waals surface area contributed by atoms with Gasteiger partial charge in [0, 0.05) is 17.2 Å². The number of Topliss-reactive ketones (excluding diaryl/α,β-unsaturated/α-hetero) is 1. The average molecular weight is 284 g/mol. The molecule has 0 aliphatic heterocycles. The molecule has 0 aliphatic carbocycles. The number of carboxylic acid groups (broad SMARTS) is 1. The zero-order valence-electron chi connectivity index (χ0n) is 9.87. The van der Waals surface area contributed by atoms with Crippen molar-refractivity contribution in [2.45, 2.75) is 6.92 Å².